The molecule has 0 aliphatic rings. The van der Waals surface area contributed by atoms with E-state index >= 15 is 0 Å². The summed E-state index contributed by atoms with van der Waals surface area (Å²) in [6, 6.07) is 14.3. The van der Waals surface area contributed by atoms with Crippen molar-refractivity contribution < 1.29 is 43.4 Å². The minimum absolute atomic E-state index is 0.157. The van der Waals surface area contributed by atoms with E-state index in [4.69, 9.17) is 9.84 Å². The second-order valence-corrected chi connectivity index (χ2v) is 6.64. The molecule has 29 heavy (non-hydrogen) atoms. The predicted octanol–water partition coefficient (Wildman–Crippen LogP) is 1.05. The zero-order valence-electron chi connectivity index (χ0n) is 15.3. The van der Waals surface area contributed by atoms with E-state index in [9.17, 15) is 33.6 Å². The summed E-state index contributed by atoms with van der Waals surface area (Å²) in [5.41, 5.74) is -3.20. The Labute approximate surface area is 165 Å². The summed E-state index contributed by atoms with van der Waals surface area (Å²) in [6.07, 6.45) is -15.4. The van der Waals surface area contributed by atoms with E-state index in [1.165, 1.54) is 48.5 Å². The number of para-hydroxylation sites is 1. The van der Waals surface area contributed by atoms with Gasteiger partial charge >= 0.3 is 6.18 Å². The fraction of sp³-hybridized carbons (Fsp3) is 0.400. The van der Waals surface area contributed by atoms with Gasteiger partial charge in [0.05, 0.1) is 6.61 Å². The van der Waals surface area contributed by atoms with Crippen molar-refractivity contribution >= 4 is 0 Å². The van der Waals surface area contributed by atoms with Gasteiger partial charge in [0.25, 0.3) is 0 Å². The molecule has 2 aromatic carbocycles. The Morgan fingerprint density at radius 2 is 1.31 bits per heavy atom. The quantitative estimate of drug-likeness (QED) is 0.418. The van der Waals surface area contributed by atoms with Gasteiger partial charge in [-0.3, -0.25) is 0 Å². The molecule has 2 aromatic rings. The van der Waals surface area contributed by atoms with Crippen LogP contribution < -0.4 is 4.74 Å². The largest absolute Gasteiger partial charge is 0.475 e. The fourth-order valence-electron chi connectivity index (χ4n) is 2.92. The highest BCUT2D eigenvalue weighted by Gasteiger charge is 2.64. The molecule has 9 heteroatoms. The van der Waals surface area contributed by atoms with Crippen LogP contribution in [0.15, 0.2) is 60.7 Å². The molecule has 0 bridgehead atoms. The molecular formula is C20H23F3O6. The molecule has 2 rings (SSSR count). The molecule has 0 radical (unpaired) electrons. The molecule has 0 spiro atoms. The summed E-state index contributed by atoms with van der Waals surface area (Å²) in [6.45, 7) is -1.03. The van der Waals surface area contributed by atoms with Gasteiger partial charge in [-0.25, -0.2) is 0 Å². The molecule has 0 aliphatic carbocycles. The third-order valence-electron chi connectivity index (χ3n) is 4.57. The standard InChI is InChI=1S/C20H23F3O6/c21-20(22,23)19(11-13-7-3-1-4-8-13,29-14-9-5-2-6-10-14)18(28)17(27)16(26)15(25)12-24/h1-10,15-18,24-28H,11-12H2. The predicted molar refractivity (Wildman–Crippen MR) is 97.1 cm³/mol. The van der Waals surface area contributed by atoms with Crippen molar-refractivity contribution in [3.05, 3.63) is 66.2 Å². The van der Waals surface area contributed by atoms with Crippen molar-refractivity contribution in [3.8, 4) is 5.75 Å². The van der Waals surface area contributed by atoms with Gasteiger partial charge in [-0.15, -0.1) is 0 Å². The molecule has 5 N–H and O–H groups in total. The van der Waals surface area contributed by atoms with E-state index in [0.717, 1.165) is 0 Å². The number of benzene rings is 2. The lowest BCUT2D eigenvalue weighted by Gasteiger charge is -2.42. The van der Waals surface area contributed by atoms with Crippen LogP contribution in [0.25, 0.3) is 0 Å². The molecule has 0 aromatic heterocycles. The zero-order valence-corrected chi connectivity index (χ0v) is 15.3. The molecule has 6 nitrogen and oxygen atoms in total. The Morgan fingerprint density at radius 3 is 1.79 bits per heavy atom. The lowest BCUT2D eigenvalue weighted by molar-refractivity contribution is -0.296. The van der Waals surface area contributed by atoms with Crippen LogP contribution in [0, 0.1) is 0 Å². The molecule has 0 amide bonds. The van der Waals surface area contributed by atoms with Crippen LogP contribution in [0.3, 0.4) is 0 Å². The topological polar surface area (TPSA) is 110 Å². The van der Waals surface area contributed by atoms with Crippen LogP contribution in [0.2, 0.25) is 0 Å². The monoisotopic (exact) mass is 416 g/mol. The zero-order chi connectivity index (χ0) is 21.7. The number of halogens is 3. The van der Waals surface area contributed by atoms with Crippen LogP contribution in [0.5, 0.6) is 5.75 Å². The maximum absolute atomic E-state index is 14.3. The summed E-state index contributed by atoms with van der Waals surface area (Å²) in [5.74, 6) is -0.218. The Bertz CT molecular complexity index is 699. The van der Waals surface area contributed by atoms with Crippen molar-refractivity contribution in [2.45, 2.75) is 42.6 Å². The van der Waals surface area contributed by atoms with E-state index in [1.807, 2.05) is 0 Å². The molecule has 5 atom stereocenters. The minimum Gasteiger partial charge on any atom is -0.475 e. The van der Waals surface area contributed by atoms with Gasteiger partial charge in [-0.1, -0.05) is 48.5 Å². The second-order valence-electron chi connectivity index (χ2n) is 6.64. The number of hydrogen-bond acceptors (Lipinski definition) is 6. The first kappa shape index (κ1) is 23.1. The van der Waals surface area contributed by atoms with Crippen LogP contribution in [0.1, 0.15) is 5.56 Å². The average Bonchev–Trinajstić information content (AvgIpc) is 2.71. The molecule has 0 saturated carbocycles. The molecular weight excluding hydrogens is 393 g/mol. The van der Waals surface area contributed by atoms with Crippen LogP contribution in [0.4, 0.5) is 13.2 Å². The SMILES string of the molecule is OCC(O)C(O)C(O)C(O)C(Cc1ccccc1)(Oc1ccccc1)C(F)(F)F. The van der Waals surface area contributed by atoms with Gasteiger partial charge in [-0.05, 0) is 17.7 Å². The van der Waals surface area contributed by atoms with Crippen molar-refractivity contribution in [2.24, 2.45) is 0 Å². The molecule has 0 saturated heterocycles. The van der Waals surface area contributed by atoms with Crippen LogP contribution in [-0.2, 0) is 6.42 Å². The maximum atomic E-state index is 14.3. The third-order valence-corrected chi connectivity index (χ3v) is 4.57. The normalized spacial score (nSPS) is 18.3. The molecule has 0 aliphatic heterocycles. The molecule has 5 unspecified atom stereocenters. The van der Waals surface area contributed by atoms with Gasteiger partial charge in [0.1, 0.15) is 30.2 Å². The first-order chi connectivity index (χ1) is 13.6. The average molecular weight is 416 g/mol. The summed E-state index contributed by atoms with van der Waals surface area (Å²) in [7, 11) is 0. The summed E-state index contributed by atoms with van der Waals surface area (Å²) < 4.78 is 48.2. The minimum atomic E-state index is -5.19. The van der Waals surface area contributed by atoms with Gasteiger partial charge in [0.15, 0.2) is 0 Å². The smallest absolute Gasteiger partial charge is 0.431 e. The highest BCUT2D eigenvalue weighted by atomic mass is 19.4. The van der Waals surface area contributed by atoms with Crippen molar-refractivity contribution in [3.63, 3.8) is 0 Å². The number of ether oxygens (including phenoxy) is 1. The number of rotatable bonds is 9. The maximum Gasteiger partial charge on any atom is 0.431 e. The van der Waals surface area contributed by atoms with E-state index < -0.39 is 49.2 Å². The Hall–Kier alpha value is -2.17. The van der Waals surface area contributed by atoms with Gasteiger partial charge < -0.3 is 30.3 Å². The van der Waals surface area contributed by atoms with Gasteiger partial charge in [0, 0.05) is 6.42 Å². The van der Waals surface area contributed by atoms with Gasteiger partial charge in [0.2, 0.25) is 5.60 Å². The van der Waals surface area contributed by atoms with E-state index in [2.05, 4.69) is 0 Å². The molecule has 0 heterocycles. The van der Waals surface area contributed by atoms with Crippen molar-refractivity contribution in [2.75, 3.05) is 6.61 Å². The summed E-state index contributed by atoms with van der Waals surface area (Å²) in [5, 5.41) is 49.0. The number of aliphatic hydroxyl groups excluding tert-OH is 5. The molecule has 160 valence electrons. The lowest BCUT2D eigenvalue weighted by atomic mass is 9.82. The van der Waals surface area contributed by atoms with Crippen LogP contribution >= 0.6 is 0 Å². The van der Waals surface area contributed by atoms with E-state index in [1.54, 1.807) is 12.1 Å². The third kappa shape index (κ3) is 5.26. The van der Waals surface area contributed by atoms with Crippen molar-refractivity contribution in [1.29, 1.82) is 0 Å². The van der Waals surface area contributed by atoms with E-state index in [0.29, 0.717) is 0 Å². The van der Waals surface area contributed by atoms with Gasteiger partial charge in [-0.2, -0.15) is 13.2 Å². The first-order valence-electron chi connectivity index (χ1n) is 8.80. The highest BCUT2D eigenvalue weighted by molar-refractivity contribution is 5.26. The fourth-order valence-corrected chi connectivity index (χ4v) is 2.92. The number of aliphatic hydroxyl groups is 5. The molecule has 0 fully saturated rings. The second kappa shape index (κ2) is 9.55. The summed E-state index contributed by atoms with van der Waals surface area (Å²) in [4.78, 5) is 0. The number of hydrogen-bond donors (Lipinski definition) is 5. The Kier molecular flexibility index (Phi) is 7.61. The number of alkyl halides is 3. The van der Waals surface area contributed by atoms with Crippen molar-refractivity contribution in [1.82, 2.24) is 0 Å². The Morgan fingerprint density at radius 1 is 0.793 bits per heavy atom. The Balaban J connectivity index is 2.54. The highest BCUT2D eigenvalue weighted by Crippen LogP contribution is 2.41. The summed E-state index contributed by atoms with van der Waals surface area (Å²) >= 11 is 0. The lowest BCUT2D eigenvalue weighted by Crippen LogP contribution is -2.66. The van der Waals surface area contributed by atoms with Crippen LogP contribution in [-0.4, -0.2) is 68.3 Å². The first-order valence-corrected chi connectivity index (χ1v) is 8.80. The van der Waals surface area contributed by atoms with E-state index in [-0.39, 0.29) is 11.3 Å².